The van der Waals surface area contributed by atoms with Gasteiger partial charge in [0.05, 0.1) is 6.04 Å². The number of anilines is 2. The van der Waals surface area contributed by atoms with Crippen LogP contribution < -0.4 is 15.5 Å². The molecule has 2 aromatic rings. The predicted molar refractivity (Wildman–Crippen MR) is 105 cm³/mol. The molecule has 126 valence electrons. The summed E-state index contributed by atoms with van der Waals surface area (Å²) in [5.74, 6) is 0. The normalized spacial score (nSPS) is 15.6. The summed E-state index contributed by atoms with van der Waals surface area (Å²) in [5.41, 5.74) is 3.49. The lowest BCUT2D eigenvalue weighted by molar-refractivity contribution is 0.577. The number of pyridine rings is 1. The van der Waals surface area contributed by atoms with Crippen LogP contribution in [0.4, 0.5) is 11.4 Å². The van der Waals surface area contributed by atoms with Crippen molar-refractivity contribution < 1.29 is 0 Å². The number of thiocarbonyl (C=S) groups is 1. The molecule has 1 fully saturated rings. The Morgan fingerprint density at radius 1 is 1.04 bits per heavy atom. The largest absolute Gasteiger partial charge is 0.372 e. The molecule has 1 aromatic carbocycles. The third kappa shape index (κ3) is 4.45. The van der Waals surface area contributed by atoms with Crippen LogP contribution in [-0.2, 0) is 0 Å². The van der Waals surface area contributed by atoms with Gasteiger partial charge in [-0.15, -0.1) is 0 Å². The number of benzene rings is 1. The van der Waals surface area contributed by atoms with Crippen LogP contribution >= 0.6 is 12.2 Å². The quantitative estimate of drug-likeness (QED) is 0.819. The van der Waals surface area contributed by atoms with Crippen LogP contribution in [0, 0.1) is 0 Å². The van der Waals surface area contributed by atoms with E-state index in [1.54, 1.807) is 12.4 Å². The van der Waals surface area contributed by atoms with Crippen molar-refractivity contribution in [2.24, 2.45) is 0 Å². The first-order valence-electron chi connectivity index (χ1n) is 8.55. The summed E-state index contributed by atoms with van der Waals surface area (Å²) < 4.78 is 0. The summed E-state index contributed by atoms with van der Waals surface area (Å²) in [7, 11) is 0. The molecule has 2 N–H and O–H groups in total. The molecular weight excluding hydrogens is 316 g/mol. The van der Waals surface area contributed by atoms with Crippen molar-refractivity contribution >= 4 is 28.7 Å². The molecule has 0 amide bonds. The monoisotopic (exact) mass is 340 g/mol. The van der Waals surface area contributed by atoms with Crippen molar-refractivity contribution in [1.29, 1.82) is 0 Å². The predicted octanol–water partition coefficient (Wildman–Crippen LogP) is 4.12. The molecule has 24 heavy (non-hydrogen) atoms. The third-order valence-corrected chi connectivity index (χ3v) is 4.62. The second kappa shape index (κ2) is 8.11. The average Bonchev–Trinajstić information content (AvgIpc) is 2.63. The number of piperidine rings is 1. The minimum atomic E-state index is 0.155. The Labute approximate surface area is 149 Å². The van der Waals surface area contributed by atoms with E-state index in [-0.39, 0.29) is 6.04 Å². The zero-order valence-corrected chi connectivity index (χ0v) is 14.9. The fourth-order valence-corrected chi connectivity index (χ4v) is 3.30. The Hall–Kier alpha value is -2.14. The van der Waals surface area contributed by atoms with E-state index in [1.807, 2.05) is 12.1 Å². The first-order valence-corrected chi connectivity index (χ1v) is 8.95. The van der Waals surface area contributed by atoms with Crippen LogP contribution in [-0.4, -0.2) is 23.2 Å². The van der Waals surface area contributed by atoms with E-state index in [2.05, 4.69) is 51.7 Å². The molecular formula is C19H24N4S. The van der Waals surface area contributed by atoms with E-state index in [1.165, 1.54) is 43.6 Å². The van der Waals surface area contributed by atoms with E-state index in [9.17, 15) is 0 Å². The van der Waals surface area contributed by atoms with Crippen molar-refractivity contribution in [2.75, 3.05) is 23.3 Å². The number of hydrogen-bond donors (Lipinski definition) is 2. The standard InChI is InChI=1S/C19H24N4S/c1-15(21-19(24)22-17-9-11-20-12-10-17)16-5-7-18(8-6-16)23-13-3-2-4-14-23/h5-12,15H,2-4,13-14H2,1H3,(H2,20,21,22,24)/t15-/m1/s1. The molecule has 1 saturated heterocycles. The van der Waals surface area contributed by atoms with Gasteiger partial charge in [0.1, 0.15) is 0 Å². The number of hydrogen-bond acceptors (Lipinski definition) is 3. The lowest BCUT2D eigenvalue weighted by Gasteiger charge is -2.29. The van der Waals surface area contributed by atoms with Gasteiger partial charge in [0.25, 0.3) is 0 Å². The van der Waals surface area contributed by atoms with Crippen LogP contribution in [0.25, 0.3) is 0 Å². The Kier molecular flexibility index (Phi) is 5.64. The van der Waals surface area contributed by atoms with Crippen LogP contribution in [0.15, 0.2) is 48.8 Å². The summed E-state index contributed by atoms with van der Waals surface area (Å²) in [5, 5.41) is 7.13. The van der Waals surface area contributed by atoms with E-state index >= 15 is 0 Å². The lowest BCUT2D eigenvalue weighted by Crippen LogP contribution is -2.31. The molecule has 4 nitrogen and oxygen atoms in total. The number of aromatic nitrogens is 1. The van der Waals surface area contributed by atoms with E-state index in [0.717, 1.165) is 5.69 Å². The average molecular weight is 340 g/mol. The second-order valence-electron chi connectivity index (χ2n) is 6.20. The van der Waals surface area contributed by atoms with Gasteiger partial charge in [-0.05, 0) is 68.2 Å². The van der Waals surface area contributed by atoms with Crippen molar-refractivity contribution in [3.05, 3.63) is 54.4 Å². The minimum Gasteiger partial charge on any atom is -0.372 e. The first-order chi connectivity index (χ1) is 11.7. The maximum atomic E-state index is 5.39. The Morgan fingerprint density at radius 2 is 1.71 bits per heavy atom. The molecule has 0 bridgehead atoms. The maximum absolute atomic E-state index is 5.39. The summed E-state index contributed by atoms with van der Waals surface area (Å²) >= 11 is 5.39. The van der Waals surface area contributed by atoms with Crippen LogP contribution in [0.5, 0.6) is 0 Å². The summed E-state index contributed by atoms with van der Waals surface area (Å²) in [6.07, 6.45) is 7.45. The number of rotatable bonds is 4. The molecule has 5 heteroatoms. The molecule has 3 rings (SSSR count). The van der Waals surface area contributed by atoms with Crippen LogP contribution in [0.3, 0.4) is 0 Å². The highest BCUT2D eigenvalue weighted by atomic mass is 32.1. The van der Waals surface area contributed by atoms with Gasteiger partial charge < -0.3 is 15.5 Å². The highest BCUT2D eigenvalue weighted by Gasteiger charge is 2.12. The van der Waals surface area contributed by atoms with E-state index < -0.39 is 0 Å². The minimum absolute atomic E-state index is 0.155. The fourth-order valence-electron chi connectivity index (χ4n) is 3.01. The van der Waals surface area contributed by atoms with Gasteiger partial charge in [-0.1, -0.05) is 12.1 Å². The van der Waals surface area contributed by atoms with Gasteiger partial charge in [-0.3, -0.25) is 4.98 Å². The molecule has 1 aliphatic heterocycles. The van der Waals surface area contributed by atoms with Crippen molar-refractivity contribution in [3.63, 3.8) is 0 Å². The van der Waals surface area contributed by atoms with Crippen LogP contribution in [0.1, 0.15) is 37.8 Å². The summed E-state index contributed by atoms with van der Waals surface area (Å²) in [6.45, 7) is 4.47. The van der Waals surface area contributed by atoms with Crippen molar-refractivity contribution in [3.8, 4) is 0 Å². The molecule has 2 heterocycles. The summed E-state index contributed by atoms with van der Waals surface area (Å²) in [6, 6.07) is 12.8. The fraction of sp³-hybridized carbons (Fsp3) is 0.368. The van der Waals surface area contributed by atoms with Gasteiger partial charge in [-0.2, -0.15) is 0 Å². The molecule has 0 spiro atoms. The highest BCUT2D eigenvalue weighted by molar-refractivity contribution is 7.80. The van der Waals surface area contributed by atoms with Crippen molar-refractivity contribution in [2.45, 2.75) is 32.2 Å². The molecule has 0 saturated carbocycles. The molecule has 0 aliphatic carbocycles. The zero-order chi connectivity index (χ0) is 16.8. The van der Waals surface area contributed by atoms with Gasteiger partial charge in [0.15, 0.2) is 5.11 Å². The Balaban J connectivity index is 1.56. The third-order valence-electron chi connectivity index (χ3n) is 4.40. The van der Waals surface area contributed by atoms with Gasteiger partial charge >= 0.3 is 0 Å². The summed E-state index contributed by atoms with van der Waals surface area (Å²) in [4.78, 5) is 6.47. The Bertz CT molecular complexity index is 651. The number of nitrogens with zero attached hydrogens (tertiary/aromatic N) is 2. The Morgan fingerprint density at radius 3 is 2.38 bits per heavy atom. The van der Waals surface area contributed by atoms with Gasteiger partial charge in [0, 0.05) is 36.9 Å². The second-order valence-corrected chi connectivity index (χ2v) is 6.60. The van der Waals surface area contributed by atoms with Gasteiger partial charge in [0.2, 0.25) is 0 Å². The number of nitrogens with one attached hydrogen (secondary N) is 2. The zero-order valence-electron chi connectivity index (χ0n) is 14.0. The van der Waals surface area contributed by atoms with Gasteiger partial charge in [-0.25, -0.2) is 0 Å². The van der Waals surface area contributed by atoms with E-state index in [4.69, 9.17) is 12.2 Å². The molecule has 0 unspecified atom stereocenters. The highest BCUT2D eigenvalue weighted by Crippen LogP contribution is 2.22. The van der Waals surface area contributed by atoms with E-state index in [0.29, 0.717) is 5.11 Å². The van der Waals surface area contributed by atoms with Crippen LogP contribution in [0.2, 0.25) is 0 Å². The smallest absolute Gasteiger partial charge is 0.171 e. The molecule has 1 atom stereocenters. The SMILES string of the molecule is C[C@@H](NC(=S)Nc1ccncc1)c1ccc(N2CCCCC2)cc1. The van der Waals surface area contributed by atoms with Crippen molar-refractivity contribution in [1.82, 2.24) is 10.3 Å². The molecule has 0 radical (unpaired) electrons. The maximum Gasteiger partial charge on any atom is 0.171 e. The lowest BCUT2D eigenvalue weighted by atomic mass is 10.1. The first kappa shape index (κ1) is 16.7. The topological polar surface area (TPSA) is 40.2 Å². The molecule has 1 aromatic heterocycles. The molecule has 1 aliphatic rings.